The van der Waals surface area contributed by atoms with Crippen molar-refractivity contribution in [3.63, 3.8) is 0 Å². The minimum atomic E-state index is -3.13. The third-order valence-corrected chi connectivity index (χ3v) is 3.30. The molecule has 0 unspecified atom stereocenters. The van der Waals surface area contributed by atoms with Crippen molar-refractivity contribution in [2.24, 2.45) is 0 Å². The van der Waals surface area contributed by atoms with E-state index in [9.17, 15) is 23.7 Å². The Balaban J connectivity index is 2.41. The second-order valence-electron chi connectivity index (χ2n) is 4.66. The number of non-ortho nitro benzene ring substituents is 1. The van der Waals surface area contributed by atoms with Crippen molar-refractivity contribution in [1.29, 1.82) is 0 Å². The Hall–Kier alpha value is -2.29. The fourth-order valence-corrected chi connectivity index (χ4v) is 2.16. The van der Waals surface area contributed by atoms with Crippen molar-refractivity contribution in [2.45, 2.75) is 13.5 Å². The van der Waals surface area contributed by atoms with Crippen molar-refractivity contribution in [3.8, 4) is 5.75 Å². The Morgan fingerprint density at radius 1 is 1.41 bits per heavy atom. The molecule has 1 aromatic carbocycles. The normalized spacial score (nSPS) is 15.0. The smallest absolute Gasteiger partial charge is 0.387 e. The Labute approximate surface area is 124 Å². The Morgan fingerprint density at radius 2 is 2.05 bits per heavy atom. The van der Waals surface area contributed by atoms with Crippen LogP contribution < -0.4 is 4.74 Å². The van der Waals surface area contributed by atoms with Gasteiger partial charge in [-0.05, 0) is 6.92 Å². The van der Waals surface area contributed by atoms with Gasteiger partial charge in [-0.25, -0.2) is 0 Å². The van der Waals surface area contributed by atoms with Gasteiger partial charge >= 0.3 is 6.61 Å². The van der Waals surface area contributed by atoms with Gasteiger partial charge in [0, 0.05) is 24.7 Å². The van der Waals surface area contributed by atoms with Gasteiger partial charge in [-0.15, -0.1) is 0 Å². The van der Waals surface area contributed by atoms with Crippen LogP contribution in [0.5, 0.6) is 5.75 Å². The highest BCUT2D eigenvalue weighted by atomic mass is 19.3. The maximum absolute atomic E-state index is 12.4. The summed E-state index contributed by atoms with van der Waals surface area (Å²) in [6.45, 7) is -0.320. The zero-order valence-corrected chi connectivity index (χ0v) is 11.8. The molecule has 1 aromatic rings. The number of carbonyl (C=O) groups is 1. The molecule has 7 nitrogen and oxygen atoms in total. The van der Waals surface area contributed by atoms with Crippen molar-refractivity contribution >= 4 is 11.6 Å². The van der Waals surface area contributed by atoms with Gasteiger partial charge in [0.1, 0.15) is 5.75 Å². The Morgan fingerprint density at radius 3 is 2.59 bits per heavy atom. The molecule has 0 N–H and O–H groups in total. The van der Waals surface area contributed by atoms with E-state index in [1.165, 1.54) is 11.8 Å². The summed E-state index contributed by atoms with van der Waals surface area (Å²) in [6.07, 6.45) is 0. The molecule has 0 aliphatic carbocycles. The fraction of sp³-hybridized carbons (Fsp3) is 0.462. The molecule has 0 bridgehead atoms. The highest BCUT2D eigenvalue weighted by Crippen LogP contribution is 2.30. The molecule has 120 valence electrons. The van der Waals surface area contributed by atoms with E-state index in [1.807, 2.05) is 0 Å². The average molecular weight is 316 g/mol. The Kier molecular flexibility index (Phi) is 4.86. The van der Waals surface area contributed by atoms with Gasteiger partial charge in [0.15, 0.2) is 0 Å². The number of ether oxygens (including phenoxy) is 2. The molecule has 0 aromatic heterocycles. The number of nitro benzene ring substituents is 1. The summed E-state index contributed by atoms with van der Waals surface area (Å²) in [5.74, 6) is -0.843. The number of hydrogen-bond donors (Lipinski definition) is 0. The fourth-order valence-electron chi connectivity index (χ4n) is 2.16. The molecular weight excluding hydrogens is 302 g/mol. The maximum Gasteiger partial charge on any atom is 0.387 e. The average Bonchev–Trinajstić information content (AvgIpc) is 2.49. The van der Waals surface area contributed by atoms with E-state index in [0.717, 1.165) is 12.1 Å². The second-order valence-corrected chi connectivity index (χ2v) is 4.66. The molecule has 1 aliphatic heterocycles. The zero-order chi connectivity index (χ0) is 16.3. The van der Waals surface area contributed by atoms with E-state index in [2.05, 4.69) is 4.74 Å². The highest BCUT2D eigenvalue weighted by molar-refractivity contribution is 5.97. The van der Waals surface area contributed by atoms with E-state index in [1.54, 1.807) is 0 Å². The summed E-state index contributed by atoms with van der Waals surface area (Å²) >= 11 is 0. The van der Waals surface area contributed by atoms with Crippen LogP contribution in [0.25, 0.3) is 0 Å². The van der Waals surface area contributed by atoms with Crippen LogP contribution in [-0.4, -0.2) is 48.6 Å². The first-order valence-corrected chi connectivity index (χ1v) is 6.51. The molecule has 1 aliphatic rings. The number of morpholine rings is 1. The van der Waals surface area contributed by atoms with Gasteiger partial charge in [0.05, 0.1) is 29.8 Å². The minimum Gasteiger partial charge on any atom is -0.434 e. The summed E-state index contributed by atoms with van der Waals surface area (Å²) in [7, 11) is 0. The van der Waals surface area contributed by atoms with Crippen LogP contribution in [0.1, 0.15) is 15.9 Å². The number of hydrogen-bond acceptors (Lipinski definition) is 5. The van der Waals surface area contributed by atoms with Gasteiger partial charge in [-0.2, -0.15) is 8.78 Å². The highest BCUT2D eigenvalue weighted by Gasteiger charge is 2.25. The summed E-state index contributed by atoms with van der Waals surface area (Å²) in [6, 6.07) is 1.96. The maximum atomic E-state index is 12.4. The van der Waals surface area contributed by atoms with Crippen LogP contribution in [0, 0.1) is 17.0 Å². The van der Waals surface area contributed by atoms with E-state index >= 15 is 0 Å². The van der Waals surface area contributed by atoms with Crippen LogP contribution in [0.15, 0.2) is 12.1 Å². The monoisotopic (exact) mass is 316 g/mol. The van der Waals surface area contributed by atoms with Gasteiger partial charge in [0.2, 0.25) is 0 Å². The van der Waals surface area contributed by atoms with Crippen LogP contribution in [0.3, 0.4) is 0 Å². The minimum absolute atomic E-state index is 0.0215. The molecule has 1 heterocycles. The van der Waals surface area contributed by atoms with Gasteiger partial charge in [0.25, 0.3) is 11.6 Å². The number of nitrogens with zero attached hydrogens (tertiary/aromatic N) is 2. The van der Waals surface area contributed by atoms with Crippen LogP contribution in [-0.2, 0) is 4.74 Å². The lowest BCUT2D eigenvalue weighted by Gasteiger charge is -2.27. The van der Waals surface area contributed by atoms with E-state index in [4.69, 9.17) is 4.74 Å². The number of alkyl halides is 2. The molecule has 0 atom stereocenters. The van der Waals surface area contributed by atoms with Crippen molar-refractivity contribution in [1.82, 2.24) is 4.90 Å². The van der Waals surface area contributed by atoms with E-state index < -0.39 is 23.1 Å². The first-order valence-electron chi connectivity index (χ1n) is 6.51. The van der Waals surface area contributed by atoms with E-state index in [0.29, 0.717) is 26.3 Å². The lowest BCUT2D eigenvalue weighted by molar-refractivity contribution is -0.385. The van der Waals surface area contributed by atoms with Gasteiger partial charge in [-0.1, -0.05) is 0 Å². The lowest BCUT2D eigenvalue weighted by Crippen LogP contribution is -2.41. The van der Waals surface area contributed by atoms with E-state index in [-0.39, 0.29) is 16.9 Å². The van der Waals surface area contributed by atoms with Crippen molar-refractivity contribution in [2.75, 3.05) is 26.3 Å². The predicted molar refractivity (Wildman–Crippen MR) is 71.2 cm³/mol. The number of amides is 1. The van der Waals surface area contributed by atoms with Crippen molar-refractivity contribution in [3.05, 3.63) is 33.4 Å². The molecule has 1 saturated heterocycles. The molecule has 2 rings (SSSR count). The lowest BCUT2D eigenvalue weighted by atomic mass is 10.0. The first-order chi connectivity index (χ1) is 10.4. The predicted octanol–water partition coefficient (Wildman–Crippen LogP) is 1.98. The molecule has 0 saturated carbocycles. The number of benzene rings is 1. The quantitative estimate of drug-likeness (QED) is 0.626. The molecular formula is C13H14F2N2O5. The molecule has 9 heteroatoms. The standard InChI is InChI=1S/C13H14F2N2O5/c1-8-10(12(18)16-2-4-21-5-3-16)6-9(17(19)20)7-11(8)22-13(14)15/h6-7,13H,2-5H2,1H3. The van der Waals surface area contributed by atoms with Crippen LogP contribution in [0.4, 0.5) is 14.5 Å². The van der Waals surface area contributed by atoms with Crippen LogP contribution in [0.2, 0.25) is 0 Å². The first kappa shape index (κ1) is 16.1. The summed E-state index contributed by atoms with van der Waals surface area (Å²) in [4.78, 5) is 24.1. The molecule has 0 spiro atoms. The molecule has 1 amide bonds. The summed E-state index contributed by atoms with van der Waals surface area (Å²) < 4.78 is 34.2. The topological polar surface area (TPSA) is 81.9 Å². The largest absolute Gasteiger partial charge is 0.434 e. The zero-order valence-electron chi connectivity index (χ0n) is 11.8. The number of halogens is 2. The summed E-state index contributed by atoms with van der Waals surface area (Å²) in [5, 5.41) is 10.9. The third-order valence-electron chi connectivity index (χ3n) is 3.30. The SMILES string of the molecule is Cc1c(OC(F)F)cc([N+](=O)[O-])cc1C(=O)N1CCOCC1. The molecule has 22 heavy (non-hydrogen) atoms. The second kappa shape index (κ2) is 6.65. The number of carbonyl (C=O) groups excluding carboxylic acids is 1. The number of nitro groups is 1. The number of rotatable bonds is 4. The van der Waals surface area contributed by atoms with Gasteiger partial charge in [-0.3, -0.25) is 14.9 Å². The summed E-state index contributed by atoms with van der Waals surface area (Å²) in [5.41, 5.74) is -0.355. The molecule has 0 radical (unpaired) electrons. The van der Waals surface area contributed by atoms with Crippen molar-refractivity contribution < 1.29 is 28.0 Å². The van der Waals surface area contributed by atoms with Gasteiger partial charge < -0.3 is 14.4 Å². The molecule has 1 fully saturated rings. The Bertz CT molecular complexity index is 588. The van der Waals surface area contributed by atoms with Crippen LogP contribution >= 0.6 is 0 Å². The third kappa shape index (κ3) is 3.48.